The number of nitrogens with two attached hydrogens (primary N) is 1. The van der Waals surface area contributed by atoms with Gasteiger partial charge in [0.05, 0.1) is 13.5 Å². The van der Waals surface area contributed by atoms with E-state index in [0.29, 0.717) is 6.42 Å². The molecule has 0 saturated carbocycles. The van der Waals surface area contributed by atoms with Crippen LogP contribution in [0, 0.1) is 17.8 Å². The van der Waals surface area contributed by atoms with Crippen molar-refractivity contribution in [1.82, 2.24) is 0 Å². The first kappa shape index (κ1) is 22.6. The summed E-state index contributed by atoms with van der Waals surface area (Å²) >= 11 is 0. The van der Waals surface area contributed by atoms with Gasteiger partial charge in [0, 0.05) is 5.92 Å². The second-order valence-corrected chi connectivity index (χ2v) is 8.00. The zero-order valence-corrected chi connectivity index (χ0v) is 16.3. The third kappa shape index (κ3) is 6.23. The average Bonchev–Trinajstić information content (AvgIpc) is 2.41. The number of methoxy groups -OCH3 is 1. The summed E-state index contributed by atoms with van der Waals surface area (Å²) in [5.74, 6) is -2.70. The molecular weight excluding hydrogens is 310 g/mol. The van der Waals surface area contributed by atoms with Gasteiger partial charge in [-0.3, -0.25) is 9.59 Å². The molecule has 0 radical (unpaired) electrons. The maximum atomic E-state index is 13.0. The van der Waals surface area contributed by atoms with Crippen LogP contribution in [0.2, 0.25) is 0 Å². The lowest BCUT2D eigenvalue weighted by Gasteiger charge is -2.33. The summed E-state index contributed by atoms with van der Waals surface area (Å²) in [5.41, 5.74) is 3.74. The lowest BCUT2D eigenvalue weighted by atomic mass is 9.75. The van der Waals surface area contributed by atoms with Crippen molar-refractivity contribution in [3.05, 3.63) is 0 Å². The molecule has 0 aromatic carbocycles. The van der Waals surface area contributed by atoms with Crippen LogP contribution in [0.3, 0.4) is 0 Å². The number of carbonyl (C=O) groups is 3. The van der Waals surface area contributed by atoms with Gasteiger partial charge in [-0.1, -0.05) is 27.7 Å². The van der Waals surface area contributed by atoms with E-state index in [2.05, 4.69) is 0 Å². The third-order valence-corrected chi connectivity index (χ3v) is 3.80. The van der Waals surface area contributed by atoms with Gasteiger partial charge in [0.25, 0.3) is 0 Å². The Balaban J connectivity index is 5.53. The molecule has 0 rings (SSSR count). The molecule has 0 spiro atoms. The Morgan fingerprint density at radius 1 is 1.04 bits per heavy atom. The molecule has 0 aliphatic heterocycles. The van der Waals surface area contributed by atoms with E-state index in [1.165, 1.54) is 7.11 Å². The van der Waals surface area contributed by atoms with Crippen molar-refractivity contribution in [2.75, 3.05) is 7.11 Å². The van der Waals surface area contributed by atoms with Crippen molar-refractivity contribution in [3.8, 4) is 0 Å². The topological polar surface area (TPSA) is 95.7 Å². The summed E-state index contributed by atoms with van der Waals surface area (Å²) in [5, 5.41) is 0. The number of Topliss-reactive ketones (excluding diaryl/α,β-unsaturated/α-hetero) is 1. The van der Waals surface area contributed by atoms with Crippen LogP contribution in [-0.2, 0) is 23.9 Å². The molecule has 0 aromatic heterocycles. The number of hydrogen-bond donors (Lipinski definition) is 1. The van der Waals surface area contributed by atoms with Gasteiger partial charge in [-0.25, -0.2) is 4.79 Å². The van der Waals surface area contributed by atoms with Crippen molar-refractivity contribution in [2.24, 2.45) is 23.5 Å². The summed E-state index contributed by atoms with van der Waals surface area (Å²) in [6.07, 6.45) is 0.345. The van der Waals surface area contributed by atoms with Gasteiger partial charge in [0.15, 0.2) is 11.3 Å². The molecule has 6 heteroatoms. The van der Waals surface area contributed by atoms with Crippen molar-refractivity contribution in [1.29, 1.82) is 0 Å². The number of carbonyl (C=O) groups excluding carboxylic acids is 3. The normalized spacial score (nSPS) is 15.8. The second kappa shape index (κ2) is 8.60. The number of hydrogen-bond acceptors (Lipinski definition) is 6. The minimum absolute atomic E-state index is 0.100. The molecule has 0 amide bonds. The van der Waals surface area contributed by atoms with Gasteiger partial charge in [-0.15, -0.1) is 0 Å². The van der Waals surface area contributed by atoms with E-state index < -0.39 is 40.7 Å². The highest BCUT2D eigenvalue weighted by Gasteiger charge is 2.49. The summed E-state index contributed by atoms with van der Waals surface area (Å²) in [4.78, 5) is 37.3. The van der Waals surface area contributed by atoms with Crippen LogP contribution >= 0.6 is 0 Å². The molecule has 1 unspecified atom stereocenters. The Bertz CT molecular complexity index is 465. The van der Waals surface area contributed by atoms with Crippen molar-refractivity contribution < 1.29 is 23.9 Å². The fourth-order valence-corrected chi connectivity index (χ4v) is 2.56. The first-order valence-electron chi connectivity index (χ1n) is 8.39. The Hall–Kier alpha value is -1.43. The van der Waals surface area contributed by atoms with E-state index in [0.717, 1.165) is 0 Å². The lowest BCUT2D eigenvalue weighted by molar-refractivity contribution is -0.161. The molecule has 24 heavy (non-hydrogen) atoms. The number of esters is 2. The predicted octanol–water partition coefficient (Wildman–Crippen LogP) is 2.48. The highest BCUT2D eigenvalue weighted by atomic mass is 16.6. The minimum Gasteiger partial charge on any atom is -0.467 e. The fourth-order valence-electron chi connectivity index (χ4n) is 2.56. The monoisotopic (exact) mass is 343 g/mol. The molecule has 0 aromatic rings. The smallest absolute Gasteiger partial charge is 0.333 e. The summed E-state index contributed by atoms with van der Waals surface area (Å²) < 4.78 is 10.0. The van der Waals surface area contributed by atoms with Crippen molar-refractivity contribution in [2.45, 2.75) is 72.4 Å². The standard InChI is InChI=1S/C18H33NO5/c1-11(2)9-13(10-14(20)24-17(5,6)7)15(21)18(19,12(3)4)16(22)23-8/h11-13H,9-10,19H2,1-8H3/t13?,18-/m1/s1. The minimum atomic E-state index is -1.77. The Morgan fingerprint density at radius 3 is 1.88 bits per heavy atom. The first-order chi connectivity index (χ1) is 10.8. The molecule has 2 N–H and O–H groups in total. The van der Waals surface area contributed by atoms with Gasteiger partial charge in [-0.05, 0) is 39.0 Å². The Labute approximate surface area is 145 Å². The summed E-state index contributed by atoms with van der Waals surface area (Å²) in [6.45, 7) is 12.6. The van der Waals surface area contributed by atoms with Crippen LogP contribution in [-0.4, -0.2) is 36.0 Å². The zero-order chi connectivity index (χ0) is 19.3. The van der Waals surface area contributed by atoms with Crippen LogP contribution < -0.4 is 5.73 Å². The summed E-state index contributed by atoms with van der Waals surface area (Å²) in [7, 11) is 1.20. The average molecular weight is 343 g/mol. The molecule has 140 valence electrons. The van der Waals surface area contributed by atoms with Crippen LogP contribution in [0.5, 0.6) is 0 Å². The molecule has 0 heterocycles. The molecule has 0 saturated heterocycles. The molecule has 6 nitrogen and oxygen atoms in total. The molecule has 0 fully saturated rings. The van der Waals surface area contributed by atoms with E-state index >= 15 is 0 Å². The third-order valence-electron chi connectivity index (χ3n) is 3.80. The fraction of sp³-hybridized carbons (Fsp3) is 0.833. The van der Waals surface area contributed by atoms with Crippen LogP contribution in [0.4, 0.5) is 0 Å². The summed E-state index contributed by atoms with van der Waals surface area (Å²) in [6, 6.07) is 0. The molecule has 0 aliphatic rings. The van der Waals surface area contributed by atoms with Crippen LogP contribution in [0.15, 0.2) is 0 Å². The van der Waals surface area contributed by atoms with Gasteiger partial charge < -0.3 is 15.2 Å². The lowest BCUT2D eigenvalue weighted by Crippen LogP contribution is -2.61. The van der Waals surface area contributed by atoms with E-state index in [1.807, 2.05) is 13.8 Å². The molecule has 2 atom stereocenters. The SMILES string of the molecule is COC(=O)[C@](N)(C(=O)C(CC(=O)OC(C)(C)C)CC(C)C)C(C)C. The highest BCUT2D eigenvalue weighted by Crippen LogP contribution is 2.28. The quantitative estimate of drug-likeness (QED) is 0.537. The van der Waals surface area contributed by atoms with Crippen LogP contribution in [0.25, 0.3) is 0 Å². The number of ketones is 1. The Morgan fingerprint density at radius 2 is 1.54 bits per heavy atom. The molecule has 0 aliphatic carbocycles. The van der Waals surface area contributed by atoms with Gasteiger partial charge in [-0.2, -0.15) is 0 Å². The van der Waals surface area contributed by atoms with Crippen LogP contribution in [0.1, 0.15) is 61.3 Å². The predicted molar refractivity (Wildman–Crippen MR) is 92.2 cm³/mol. The zero-order valence-electron chi connectivity index (χ0n) is 16.3. The molecular formula is C18H33NO5. The van der Waals surface area contributed by atoms with Gasteiger partial charge in [0.1, 0.15) is 5.60 Å². The van der Waals surface area contributed by atoms with Gasteiger partial charge in [0.2, 0.25) is 0 Å². The van der Waals surface area contributed by atoms with E-state index in [1.54, 1.807) is 34.6 Å². The number of ether oxygens (including phenoxy) is 2. The first-order valence-corrected chi connectivity index (χ1v) is 8.39. The van der Waals surface area contributed by atoms with Gasteiger partial charge >= 0.3 is 11.9 Å². The largest absolute Gasteiger partial charge is 0.467 e. The van der Waals surface area contributed by atoms with E-state index in [-0.39, 0.29) is 12.3 Å². The maximum Gasteiger partial charge on any atom is 0.333 e. The number of rotatable bonds is 8. The Kier molecular flexibility index (Phi) is 8.09. The maximum absolute atomic E-state index is 13.0. The van der Waals surface area contributed by atoms with E-state index in [9.17, 15) is 14.4 Å². The molecule has 0 bridgehead atoms. The second-order valence-electron chi connectivity index (χ2n) is 8.00. The van der Waals surface area contributed by atoms with Crippen molar-refractivity contribution in [3.63, 3.8) is 0 Å². The highest BCUT2D eigenvalue weighted by molar-refractivity contribution is 6.10. The van der Waals surface area contributed by atoms with Crippen molar-refractivity contribution >= 4 is 17.7 Å². The van der Waals surface area contributed by atoms with E-state index in [4.69, 9.17) is 15.2 Å².